The second-order valence-corrected chi connectivity index (χ2v) is 7.69. The van der Waals surface area contributed by atoms with Crippen LogP contribution in [-0.2, 0) is 16.0 Å². The Morgan fingerprint density at radius 2 is 1.43 bits per heavy atom. The highest BCUT2D eigenvalue weighted by Crippen LogP contribution is 2.44. The maximum absolute atomic E-state index is 12.9. The van der Waals surface area contributed by atoms with E-state index in [1.54, 1.807) is 12.1 Å². The number of fused-ring (bicyclic) bond motifs is 4. The first-order valence-corrected chi connectivity index (χ1v) is 10.1. The number of amides is 1. The lowest BCUT2D eigenvalue weighted by atomic mass is 9.93. The van der Waals surface area contributed by atoms with E-state index in [9.17, 15) is 14.7 Å². The van der Waals surface area contributed by atoms with Crippen molar-refractivity contribution in [2.24, 2.45) is 0 Å². The van der Waals surface area contributed by atoms with E-state index >= 15 is 0 Å². The summed E-state index contributed by atoms with van der Waals surface area (Å²) in [7, 11) is 0. The average Bonchev–Trinajstić information content (AvgIpc) is 3.10. The summed E-state index contributed by atoms with van der Waals surface area (Å²) in [4.78, 5) is 26.2. The molecule has 150 valence electrons. The molecule has 1 amide bonds. The van der Waals surface area contributed by atoms with Crippen molar-refractivity contribution in [1.82, 2.24) is 4.90 Å². The van der Waals surface area contributed by atoms with Crippen molar-refractivity contribution in [3.8, 4) is 11.1 Å². The van der Waals surface area contributed by atoms with E-state index in [2.05, 4.69) is 24.3 Å². The second kappa shape index (κ2) is 7.34. The van der Waals surface area contributed by atoms with E-state index in [0.29, 0.717) is 18.5 Å². The third-order valence-corrected chi connectivity index (χ3v) is 6.09. The summed E-state index contributed by atoms with van der Waals surface area (Å²) in [5.41, 5.74) is 6.20. The second-order valence-electron chi connectivity index (χ2n) is 7.69. The predicted molar refractivity (Wildman–Crippen MR) is 112 cm³/mol. The molecule has 1 aliphatic heterocycles. The predicted octanol–water partition coefficient (Wildman–Crippen LogP) is 4.62. The molecular formula is C25H21NO4. The van der Waals surface area contributed by atoms with Crippen molar-refractivity contribution in [2.45, 2.75) is 18.4 Å². The van der Waals surface area contributed by atoms with Crippen LogP contribution in [0.15, 0.2) is 72.8 Å². The molecule has 5 rings (SSSR count). The lowest BCUT2D eigenvalue weighted by molar-refractivity contribution is -0.143. The van der Waals surface area contributed by atoms with Crippen LogP contribution in [0.1, 0.15) is 34.2 Å². The fourth-order valence-corrected chi connectivity index (χ4v) is 4.71. The number of nitrogens with zero attached hydrogens (tertiary/aromatic N) is 1. The maximum Gasteiger partial charge on any atom is 0.410 e. The van der Waals surface area contributed by atoms with Crippen molar-refractivity contribution in [3.63, 3.8) is 0 Å². The Kier molecular flexibility index (Phi) is 4.51. The minimum absolute atomic E-state index is 0.0540. The molecule has 3 aromatic carbocycles. The van der Waals surface area contributed by atoms with Crippen LogP contribution in [-0.4, -0.2) is 35.2 Å². The van der Waals surface area contributed by atoms with Crippen LogP contribution < -0.4 is 0 Å². The zero-order valence-electron chi connectivity index (χ0n) is 16.3. The Morgan fingerprint density at radius 1 is 0.867 bits per heavy atom. The van der Waals surface area contributed by atoms with Crippen molar-refractivity contribution in [2.75, 3.05) is 13.2 Å². The highest BCUT2D eigenvalue weighted by Gasteiger charge is 2.37. The average molecular weight is 399 g/mol. The molecular weight excluding hydrogens is 378 g/mol. The molecule has 5 heteroatoms. The maximum atomic E-state index is 12.9. The first-order valence-electron chi connectivity index (χ1n) is 10.1. The molecule has 1 atom stereocenters. The van der Waals surface area contributed by atoms with Gasteiger partial charge in [-0.05, 0) is 39.8 Å². The fourth-order valence-electron chi connectivity index (χ4n) is 4.71. The molecule has 0 bridgehead atoms. The number of rotatable bonds is 3. The molecule has 0 saturated carbocycles. The summed E-state index contributed by atoms with van der Waals surface area (Å²) < 4.78 is 5.70. The number of benzene rings is 3. The number of ether oxygens (including phenoxy) is 1. The third-order valence-electron chi connectivity index (χ3n) is 6.09. The van der Waals surface area contributed by atoms with E-state index in [1.807, 2.05) is 36.4 Å². The Bertz CT molecular complexity index is 1090. The van der Waals surface area contributed by atoms with Gasteiger partial charge in [-0.3, -0.25) is 4.90 Å². The molecule has 0 spiro atoms. The smallest absolute Gasteiger partial charge is 0.410 e. The zero-order valence-corrected chi connectivity index (χ0v) is 16.3. The number of carbonyl (C=O) groups excluding carboxylic acids is 1. The molecule has 5 nitrogen and oxygen atoms in total. The van der Waals surface area contributed by atoms with E-state index in [4.69, 9.17) is 4.74 Å². The highest BCUT2D eigenvalue weighted by molar-refractivity contribution is 5.83. The quantitative estimate of drug-likeness (QED) is 0.698. The van der Waals surface area contributed by atoms with E-state index in [-0.39, 0.29) is 12.5 Å². The van der Waals surface area contributed by atoms with Gasteiger partial charge in [0.2, 0.25) is 0 Å². The number of carboxylic acids is 1. The largest absolute Gasteiger partial charge is 0.479 e. The summed E-state index contributed by atoms with van der Waals surface area (Å²) in [6, 6.07) is 22.6. The normalized spacial score (nSPS) is 17.1. The minimum atomic E-state index is -1.05. The number of hydrogen-bond donors (Lipinski definition) is 1. The molecule has 0 aromatic heterocycles. The van der Waals surface area contributed by atoms with Gasteiger partial charge >= 0.3 is 12.1 Å². The lowest BCUT2D eigenvalue weighted by Gasteiger charge is -2.34. The van der Waals surface area contributed by atoms with Crippen molar-refractivity contribution >= 4 is 12.1 Å². The molecule has 3 aromatic rings. The van der Waals surface area contributed by atoms with Gasteiger partial charge in [-0.1, -0.05) is 72.8 Å². The topological polar surface area (TPSA) is 66.8 Å². The SMILES string of the molecule is O=C(O)[C@H]1c2ccccc2CCN1C(=O)OCC1c2ccccc2-c2ccccc21. The number of carboxylic acid groups (broad SMARTS) is 1. The summed E-state index contributed by atoms with van der Waals surface area (Å²) in [6.07, 6.45) is 0.0308. The third kappa shape index (κ3) is 2.94. The Balaban J connectivity index is 1.39. The first kappa shape index (κ1) is 18.4. The van der Waals surface area contributed by atoms with Crippen LogP contribution in [0, 0.1) is 0 Å². The van der Waals surface area contributed by atoms with Gasteiger partial charge in [0.15, 0.2) is 6.04 Å². The molecule has 0 radical (unpaired) electrons. The molecule has 30 heavy (non-hydrogen) atoms. The van der Waals surface area contributed by atoms with Gasteiger partial charge in [-0.25, -0.2) is 9.59 Å². The first-order chi connectivity index (χ1) is 14.6. The summed E-state index contributed by atoms with van der Waals surface area (Å²) in [6.45, 7) is 0.502. The van der Waals surface area contributed by atoms with Gasteiger partial charge in [-0.2, -0.15) is 0 Å². The van der Waals surface area contributed by atoms with Gasteiger partial charge in [0.1, 0.15) is 6.61 Å². The summed E-state index contributed by atoms with van der Waals surface area (Å²) in [5.74, 6) is -1.10. The molecule has 2 aliphatic rings. The standard InChI is InChI=1S/C25H21NO4/c27-24(28)23-17-8-2-1-7-16(17)13-14-26(23)25(29)30-15-22-20-11-5-3-9-18(20)19-10-4-6-12-21(19)22/h1-12,22-23H,13-15H2,(H,27,28)/t23-/m1/s1. The van der Waals surface area contributed by atoms with Gasteiger partial charge in [0, 0.05) is 12.5 Å². The van der Waals surface area contributed by atoms with Gasteiger partial charge in [-0.15, -0.1) is 0 Å². The Labute approximate surface area is 174 Å². The minimum Gasteiger partial charge on any atom is -0.479 e. The Hall–Kier alpha value is -3.60. The van der Waals surface area contributed by atoms with E-state index in [1.165, 1.54) is 4.90 Å². The van der Waals surface area contributed by atoms with Gasteiger partial charge < -0.3 is 9.84 Å². The van der Waals surface area contributed by atoms with E-state index in [0.717, 1.165) is 27.8 Å². The van der Waals surface area contributed by atoms with Crippen molar-refractivity contribution in [3.05, 3.63) is 95.1 Å². The van der Waals surface area contributed by atoms with Crippen molar-refractivity contribution < 1.29 is 19.4 Å². The summed E-state index contributed by atoms with van der Waals surface area (Å²) >= 11 is 0. The molecule has 0 unspecified atom stereocenters. The molecule has 1 aliphatic carbocycles. The fraction of sp³-hybridized carbons (Fsp3) is 0.200. The lowest BCUT2D eigenvalue weighted by Crippen LogP contribution is -2.44. The van der Waals surface area contributed by atoms with Crippen LogP contribution >= 0.6 is 0 Å². The Morgan fingerprint density at radius 3 is 2.07 bits per heavy atom. The molecule has 0 saturated heterocycles. The van der Waals surface area contributed by atoms with Gasteiger partial charge in [0.05, 0.1) is 0 Å². The van der Waals surface area contributed by atoms with Crippen LogP contribution in [0.4, 0.5) is 4.79 Å². The summed E-state index contributed by atoms with van der Waals surface area (Å²) in [5, 5.41) is 9.79. The molecule has 1 heterocycles. The van der Waals surface area contributed by atoms with Crippen LogP contribution in [0.2, 0.25) is 0 Å². The molecule has 1 N–H and O–H groups in total. The van der Waals surface area contributed by atoms with Crippen LogP contribution in [0.5, 0.6) is 0 Å². The highest BCUT2D eigenvalue weighted by atomic mass is 16.6. The number of carbonyl (C=O) groups is 2. The number of hydrogen-bond acceptors (Lipinski definition) is 3. The number of aliphatic carboxylic acids is 1. The van der Waals surface area contributed by atoms with Crippen molar-refractivity contribution in [1.29, 1.82) is 0 Å². The van der Waals surface area contributed by atoms with E-state index < -0.39 is 18.1 Å². The molecule has 0 fully saturated rings. The van der Waals surface area contributed by atoms with Gasteiger partial charge in [0.25, 0.3) is 0 Å². The van der Waals surface area contributed by atoms with Crippen LogP contribution in [0.3, 0.4) is 0 Å². The zero-order chi connectivity index (χ0) is 20.7. The van der Waals surface area contributed by atoms with Crippen LogP contribution in [0.25, 0.3) is 11.1 Å². The monoisotopic (exact) mass is 399 g/mol.